The molecule has 8 saturated carbocycles. The highest BCUT2D eigenvalue weighted by atomic mass is 16.5. The molecular formula is C104H99N27O4. The number of pyridine rings is 1. The summed E-state index contributed by atoms with van der Waals surface area (Å²) in [5.41, 5.74) is 13.6. The Labute approximate surface area is 779 Å². The molecule has 135 heavy (non-hydrogen) atoms. The number of benzene rings is 4. The maximum Gasteiger partial charge on any atom is 0.321 e. The van der Waals surface area contributed by atoms with Crippen molar-refractivity contribution in [2.45, 2.75) is 222 Å². The molecule has 8 fully saturated rings. The largest absolute Gasteiger partial charge is 0.424 e. The highest BCUT2D eigenvalue weighted by Crippen LogP contribution is 2.50. The van der Waals surface area contributed by atoms with E-state index in [2.05, 4.69) is 145 Å². The number of nitrogens with one attached hydrogen (secondary N) is 4. The zero-order valence-electron chi connectivity index (χ0n) is 74.7. The van der Waals surface area contributed by atoms with Crippen LogP contribution in [0.15, 0.2) is 202 Å². The van der Waals surface area contributed by atoms with E-state index in [4.69, 9.17) is 18.9 Å². The molecule has 12 aromatic heterocycles. The van der Waals surface area contributed by atoms with Gasteiger partial charge in [-0.3, -0.25) is 0 Å². The first-order valence-electron chi connectivity index (χ1n) is 47.3. The lowest BCUT2D eigenvalue weighted by molar-refractivity contribution is 0.324. The number of ether oxygens (including phenoxy) is 4. The van der Waals surface area contributed by atoms with Crippen LogP contribution in [0.1, 0.15) is 220 Å². The topological polar surface area (TPSA) is 393 Å². The van der Waals surface area contributed by atoms with Crippen molar-refractivity contribution in [3.05, 3.63) is 224 Å². The van der Waals surface area contributed by atoms with Gasteiger partial charge in [-0.2, -0.15) is 21.0 Å². The third-order valence-electron chi connectivity index (χ3n) is 27.4. The summed E-state index contributed by atoms with van der Waals surface area (Å²) < 4.78 is 32.7. The fraction of sp³-hybridized carbons (Fsp3) is 0.337. The zero-order valence-corrected chi connectivity index (χ0v) is 74.7. The average Bonchev–Trinajstić information content (AvgIpc) is 1.60. The van der Waals surface area contributed by atoms with Crippen molar-refractivity contribution in [3.63, 3.8) is 0 Å². The lowest BCUT2D eigenvalue weighted by atomic mass is 9.92. The van der Waals surface area contributed by atoms with Gasteiger partial charge in [0.2, 0.25) is 17.8 Å². The zero-order chi connectivity index (χ0) is 90.9. The smallest absolute Gasteiger partial charge is 0.321 e. The molecule has 12 heterocycles. The van der Waals surface area contributed by atoms with Crippen LogP contribution in [-0.4, -0.2) is 117 Å². The van der Waals surface area contributed by atoms with Crippen LogP contribution in [0, 0.1) is 45.3 Å². The van der Waals surface area contributed by atoms with Gasteiger partial charge in [-0.1, -0.05) is 32.1 Å². The second-order valence-corrected chi connectivity index (χ2v) is 35.9. The highest BCUT2D eigenvalue weighted by molar-refractivity contribution is 5.99. The third kappa shape index (κ3) is 18.3. The summed E-state index contributed by atoms with van der Waals surface area (Å²) in [6.07, 6.45) is 57.8. The Morgan fingerprint density at radius 3 is 0.733 bits per heavy atom. The number of nitrogens with zero attached hydrogens (tertiary/aromatic N) is 23. The van der Waals surface area contributed by atoms with Crippen molar-refractivity contribution in [1.82, 2.24) is 93.0 Å². The first-order valence-corrected chi connectivity index (χ1v) is 47.3. The van der Waals surface area contributed by atoms with Gasteiger partial charge < -0.3 is 58.5 Å². The van der Waals surface area contributed by atoms with Crippen LogP contribution in [0.5, 0.6) is 47.0 Å². The van der Waals surface area contributed by atoms with Crippen LogP contribution in [0.2, 0.25) is 0 Å². The standard InChI is InChI=1S/C27H27N7O.C26H25N7O.C26H24N6O.C25H23N7O/c28-15-23-22-11-10-21(35-27-29-12-5-13-30-27)14-24(22)34(20-8-4-9-20)25(23)18-16-31-26(32-17-18)33-19-6-2-1-3-7-19;27-14-22-21-10-9-20(34-26-28-11-4-12-29-26)13-23(21)33(19-7-3-8-19)24(22)17-15-30-25(31-16-17)32-18-5-1-2-6-18;27-15-22-21-10-9-20(33-26-28-12-3-13-29-26)14-23(21)32(19-6-2-7-19)25(22)17-8-11-24(30-16-17)31-18-4-1-5-18;26-13-21-20-9-8-19(33-25-27-10-3-11-28-25)12-22(20)32(18-6-2-7-18)23(21)16-14-29-24(30-15-16)31-17-4-1-5-17/h5,10-14,16-17,19-20H,1-4,6-9H2,(H,31,32,33);4,9-13,15-16,18-19H,1-3,5-8H2,(H,30,31,32);3,8-14,16,18-19H,1-2,4-7H2,(H,30,31);3,8-12,14-15,17-18H,1-2,4-7H2,(H,29,30,31). The molecule has 0 spiro atoms. The van der Waals surface area contributed by atoms with Gasteiger partial charge in [0.1, 0.15) is 53.1 Å². The van der Waals surface area contributed by atoms with Gasteiger partial charge >= 0.3 is 24.0 Å². The Morgan fingerprint density at radius 1 is 0.252 bits per heavy atom. The van der Waals surface area contributed by atoms with Crippen LogP contribution in [-0.2, 0) is 0 Å². The molecule has 4 aromatic carbocycles. The predicted octanol–water partition coefficient (Wildman–Crippen LogP) is 22.7. The molecular weight excluding hydrogens is 1690 g/mol. The van der Waals surface area contributed by atoms with E-state index in [1.165, 1.54) is 83.5 Å². The number of nitriles is 4. The molecule has 4 N–H and O–H groups in total. The van der Waals surface area contributed by atoms with Crippen molar-refractivity contribution >= 4 is 67.3 Å². The third-order valence-corrected chi connectivity index (χ3v) is 27.4. The number of fused-ring (bicyclic) bond motifs is 4. The fourth-order valence-electron chi connectivity index (χ4n) is 19.2. The van der Waals surface area contributed by atoms with Gasteiger partial charge in [-0.25, -0.2) is 74.8 Å². The van der Waals surface area contributed by atoms with E-state index in [9.17, 15) is 21.0 Å². The molecule has 674 valence electrons. The summed E-state index contributed by atoms with van der Waals surface area (Å²) in [6.45, 7) is 0. The fourth-order valence-corrected chi connectivity index (χ4v) is 19.2. The van der Waals surface area contributed by atoms with Crippen LogP contribution >= 0.6 is 0 Å². The monoisotopic (exact) mass is 1790 g/mol. The minimum atomic E-state index is 0.294. The minimum Gasteiger partial charge on any atom is -0.424 e. The SMILES string of the molecule is N#Cc1c(-c2ccc(NC3CCC3)nc2)n(C2CCC2)c2cc(Oc3ncccn3)ccc12.N#Cc1c(-c2cnc(NC3CCC3)nc2)n(C2CCC2)c2cc(Oc3ncccn3)ccc12.N#Cc1c(-c2cnc(NC3CCCC3)nc2)n(C2CCC2)c2cc(Oc3ncccn3)ccc12.N#Cc1c(-c2cnc(NC3CCCCC3)nc2)n(C2CCC2)c2cc(Oc3ncccn3)ccc12. The molecule has 0 atom stereocenters. The highest BCUT2D eigenvalue weighted by Gasteiger charge is 2.35. The van der Waals surface area contributed by atoms with E-state index in [0.29, 0.717) is 135 Å². The summed E-state index contributed by atoms with van der Waals surface area (Å²) in [6, 6.07) is 48.5. The van der Waals surface area contributed by atoms with Crippen LogP contribution in [0.3, 0.4) is 0 Å². The molecule has 0 unspecified atom stereocenters. The molecule has 16 aromatic rings. The number of aromatic nitrogens is 19. The van der Waals surface area contributed by atoms with Gasteiger partial charge in [0, 0.05) is 209 Å². The Hall–Kier alpha value is -15.9. The van der Waals surface area contributed by atoms with E-state index < -0.39 is 0 Å². The van der Waals surface area contributed by atoms with Crippen LogP contribution < -0.4 is 40.2 Å². The number of anilines is 4. The van der Waals surface area contributed by atoms with Gasteiger partial charge in [-0.05, 0) is 226 Å². The minimum absolute atomic E-state index is 0.294. The van der Waals surface area contributed by atoms with Crippen molar-refractivity contribution in [2.24, 2.45) is 0 Å². The molecule has 0 saturated heterocycles. The second-order valence-electron chi connectivity index (χ2n) is 35.9. The number of hydrogen-bond acceptors (Lipinski definition) is 27. The van der Waals surface area contributed by atoms with Crippen LogP contribution in [0.4, 0.5) is 23.7 Å². The predicted molar refractivity (Wildman–Crippen MR) is 512 cm³/mol. The average molecular weight is 1790 g/mol. The molecule has 31 nitrogen and oxygen atoms in total. The van der Waals surface area contributed by atoms with Crippen molar-refractivity contribution in [1.29, 1.82) is 21.0 Å². The van der Waals surface area contributed by atoms with E-state index in [1.807, 2.05) is 122 Å². The Balaban J connectivity index is 0.000000108. The normalized spacial score (nSPS) is 16.3. The molecule has 0 aliphatic heterocycles. The van der Waals surface area contributed by atoms with Crippen molar-refractivity contribution in [3.8, 4) is 116 Å². The van der Waals surface area contributed by atoms with E-state index in [1.54, 1.807) is 73.8 Å². The number of hydrogen-bond donors (Lipinski definition) is 4. The van der Waals surface area contributed by atoms with Gasteiger partial charge in [0.15, 0.2) is 0 Å². The molecule has 0 amide bonds. The van der Waals surface area contributed by atoms with E-state index in [-0.39, 0.29) is 0 Å². The Bertz CT molecular complexity index is 6870. The maximum atomic E-state index is 10.2. The quantitative estimate of drug-likeness (QED) is 0.0436. The summed E-state index contributed by atoms with van der Waals surface area (Å²) in [7, 11) is 0. The molecule has 8 aliphatic carbocycles. The van der Waals surface area contributed by atoms with E-state index in [0.717, 1.165) is 184 Å². The lowest BCUT2D eigenvalue weighted by Gasteiger charge is -2.30. The Morgan fingerprint density at radius 2 is 0.496 bits per heavy atom. The van der Waals surface area contributed by atoms with Gasteiger partial charge in [0.25, 0.3) is 0 Å². The maximum absolute atomic E-state index is 10.2. The summed E-state index contributed by atoms with van der Waals surface area (Å²) in [4.78, 5) is 65.5. The molecule has 31 heteroatoms. The molecule has 0 bridgehead atoms. The number of rotatable bonds is 24. The first kappa shape index (κ1) is 85.9. The Kier molecular flexibility index (Phi) is 25.0. The first-order chi connectivity index (χ1) is 66.7. The summed E-state index contributed by atoms with van der Waals surface area (Å²) in [5, 5.41) is 58.0. The molecule has 24 rings (SSSR count). The molecule has 0 radical (unpaired) electrons. The van der Waals surface area contributed by atoms with Crippen LogP contribution in [0.25, 0.3) is 88.6 Å². The van der Waals surface area contributed by atoms with Gasteiger partial charge in [0.05, 0.1) is 67.1 Å². The summed E-state index contributed by atoms with van der Waals surface area (Å²) in [5.74, 6) is 5.42. The lowest BCUT2D eigenvalue weighted by Crippen LogP contribution is -2.27. The summed E-state index contributed by atoms with van der Waals surface area (Å²) >= 11 is 0. The van der Waals surface area contributed by atoms with E-state index >= 15 is 0 Å². The molecule has 8 aliphatic rings. The second kappa shape index (κ2) is 39.3. The van der Waals surface area contributed by atoms with Gasteiger partial charge in [-0.15, -0.1) is 0 Å². The van der Waals surface area contributed by atoms with Crippen molar-refractivity contribution in [2.75, 3.05) is 21.3 Å². The van der Waals surface area contributed by atoms with Crippen molar-refractivity contribution < 1.29 is 18.9 Å².